The van der Waals surface area contributed by atoms with Gasteiger partial charge in [-0.3, -0.25) is 9.59 Å². The number of benzene rings is 2. The Balaban J connectivity index is 1.71. The number of fused-ring (bicyclic) bond motifs is 2. The lowest BCUT2D eigenvalue weighted by Gasteiger charge is -2.15. The van der Waals surface area contributed by atoms with Gasteiger partial charge in [0.05, 0.1) is 0 Å². The third-order valence-electron chi connectivity index (χ3n) is 5.05. The molecule has 5 rings (SSSR count). The standard InChI is InChI=1S/C23H15NO2S/c1-24-13-19(14-6-4-5-9-20(14)24)23-17(10-11-27-23)18-12-21(25)15-7-2-3-8-16(15)22(18)26/h2-13H,1H3. The summed E-state index contributed by atoms with van der Waals surface area (Å²) in [6.07, 6.45) is 3.57. The van der Waals surface area contributed by atoms with Gasteiger partial charge in [0.1, 0.15) is 0 Å². The molecule has 0 radical (unpaired) electrons. The maximum absolute atomic E-state index is 13.1. The number of hydrogen-bond donors (Lipinski definition) is 0. The first-order valence-corrected chi connectivity index (χ1v) is 9.55. The van der Waals surface area contributed by atoms with Crippen LogP contribution in [0.15, 0.2) is 72.3 Å². The zero-order valence-electron chi connectivity index (χ0n) is 14.6. The number of carbonyl (C=O) groups excluding carboxylic acids is 2. The minimum atomic E-state index is -0.115. The van der Waals surface area contributed by atoms with Crippen molar-refractivity contribution in [1.29, 1.82) is 0 Å². The Hall–Kier alpha value is -3.24. The van der Waals surface area contributed by atoms with Gasteiger partial charge >= 0.3 is 0 Å². The molecule has 4 aromatic rings. The molecule has 0 unspecified atom stereocenters. The molecule has 2 aromatic heterocycles. The second-order valence-corrected chi connectivity index (χ2v) is 7.55. The number of aromatic nitrogens is 1. The van der Waals surface area contributed by atoms with E-state index < -0.39 is 0 Å². The van der Waals surface area contributed by atoms with E-state index in [1.165, 1.54) is 6.08 Å². The molecule has 1 aliphatic rings. The highest BCUT2D eigenvalue weighted by Gasteiger charge is 2.28. The average molecular weight is 369 g/mol. The number of nitrogens with zero attached hydrogens (tertiary/aromatic N) is 1. The van der Waals surface area contributed by atoms with E-state index in [2.05, 4.69) is 22.9 Å². The Bertz CT molecular complexity index is 1270. The first kappa shape index (κ1) is 16.0. The van der Waals surface area contributed by atoms with Crippen molar-refractivity contribution in [2.24, 2.45) is 7.05 Å². The molecular weight excluding hydrogens is 354 g/mol. The molecule has 2 aromatic carbocycles. The summed E-state index contributed by atoms with van der Waals surface area (Å²) in [4.78, 5) is 26.7. The molecule has 0 saturated heterocycles. The van der Waals surface area contributed by atoms with Crippen LogP contribution in [0.4, 0.5) is 0 Å². The van der Waals surface area contributed by atoms with Gasteiger partial charge in [0, 0.05) is 56.9 Å². The van der Waals surface area contributed by atoms with Crippen LogP contribution < -0.4 is 0 Å². The van der Waals surface area contributed by atoms with E-state index in [4.69, 9.17) is 0 Å². The van der Waals surface area contributed by atoms with Gasteiger partial charge in [-0.1, -0.05) is 42.5 Å². The molecule has 4 heteroatoms. The molecule has 0 N–H and O–H groups in total. The van der Waals surface area contributed by atoms with Crippen LogP contribution in [0, 0.1) is 0 Å². The van der Waals surface area contributed by atoms with E-state index in [9.17, 15) is 9.59 Å². The number of hydrogen-bond acceptors (Lipinski definition) is 3. The molecule has 130 valence electrons. The maximum Gasteiger partial charge on any atom is 0.194 e. The lowest BCUT2D eigenvalue weighted by atomic mass is 9.86. The Morgan fingerprint density at radius 2 is 1.56 bits per heavy atom. The molecule has 0 atom stereocenters. The maximum atomic E-state index is 13.1. The quantitative estimate of drug-likeness (QED) is 0.476. The van der Waals surface area contributed by atoms with Crippen LogP contribution in [0.1, 0.15) is 26.3 Å². The normalized spacial score (nSPS) is 13.7. The molecule has 0 spiro atoms. The second kappa shape index (κ2) is 5.89. The fourth-order valence-electron chi connectivity index (χ4n) is 3.77. The number of Topliss-reactive ketones (excluding diaryl/α,β-unsaturated/α-hetero) is 1. The molecule has 3 nitrogen and oxygen atoms in total. The molecule has 0 saturated carbocycles. The monoisotopic (exact) mass is 369 g/mol. The molecule has 1 aliphatic carbocycles. The van der Waals surface area contributed by atoms with Crippen molar-refractivity contribution in [2.45, 2.75) is 0 Å². The summed E-state index contributed by atoms with van der Waals surface area (Å²) in [7, 11) is 2.02. The molecule has 0 amide bonds. The summed E-state index contributed by atoms with van der Waals surface area (Å²) in [5.74, 6) is -0.208. The number of ketones is 2. The van der Waals surface area contributed by atoms with Crippen molar-refractivity contribution in [3.63, 3.8) is 0 Å². The van der Waals surface area contributed by atoms with Crippen LogP contribution in [0.5, 0.6) is 0 Å². The summed E-state index contributed by atoms with van der Waals surface area (Å²) in [6.45, 7) is 0. The Morgan fingerprint density at radius 1 is 0.815 bits per heavy atom. The molecule has 0 fully saturated rings. The molecule has 0 bridgehead atoms. The smallest absolute Gasteiger partial charge is 0.194 e. The summed E-state index contributed by atoms with van der Waals surface area (Å²) in [5, 5.41) is 3.12. The average Bonchev–Trinajstić information content (AvgIpc) is 3.30. The number of aryl methyl sites for hydroxylation is 1. The SMILES string of the molecule is Cn1cc(-c2sccc2C2=CC(=O)c3ccccc3C2=O)c2ccccc21. The van der Waals surface area contributed by atoms with Crippen LogP contribution in [-0.4, -0.2) is 16.1 Å². The fourth-order valence-corrected chi connectivity index (χ4v) is 4.70. The van der Waals surface area contributed by atoms with Crippen molar-refractivity contribution < 1.29 is 9.59 Å². The van der Waals surface area contributed by atoms with Gasteiger partial charge in [-0.15, -0.1) is 11.3 Å². The van der Waals surface area contributed by atoms with E-state index in [1.54, 1.807) is 35.6 Å². The lowest BCUT2D eigenvalue weighted by molar-refractivity contribution is 0.100. The number of carbonyl (C=O) groups is 2. The second-order valence-electron chi connectivity index (χ2n) is 6.63. The van der Waals surface area contributed by atoms with Gasteiger partial charge in [0.25, 0.3) is 0 Å². The minimum absolute atomic E-state index is 0.0925. The third-order valence-corrected chi connectivity index (χ3v) is 6.00. The zero-order chi connectivity index (χ0) is 18.5. The van der Waals surface area contributed by atoms with E-state index in [0.29, 0.717) is 16.7 Å². The lowest BCUT2D eigenvalue weighted by Crippen LogP contribution is -2.16. The summed E-state index contributed by atoms with van der Waals surface area (Å²) < 4.78 is 2.09. The first-order valence-electron chi connectivity index (χ1n) is 8.67. The molecular formula is C23H15NO2S. The summed E-state index contributed by atoms with van der Waals surface area (Å²) in [5.41, 5.74) is 4.48. The van der Waals surface area contributed by atoms with Gasteiger partial charge in [0.15, 0.2) is 11.6 Å². The third kappa shape index (κ3) is 2.34. The molecule has 27 heavy (non-hydrogen) atoms. The van der Waals surface area contributed by atoms with E-state index in [1.807, 2.05) is 30.6 Å². The highest BCUT2D eigenvalue weighted by atomic mass is 32.1. The van der Waals surface area contributed by atoms with Crippen LogP contribution in [-0.2, 0) is 7.05 Å². The Labute approximate surface area is 160 Å². The predicted octanol–water partition coefficient (Wildman–Crippen LogP) is 5.37. The first-order chi connectivity index (χ1) is 13.1. The Kier molecular flexibility index (Phi) is 3.49. The number of thiophene rings is 1. The zero-order valence-corrected chi connectivity index (χ0v) is 15.4. The van der Waals surface area contributed by atoms with Gasteiger partial charge in [0.2, 0.25) is 0 Å². The summed E-state index contributed by atoms with van der Waals surface area (Å²) in [6, 6.07) is 17.2. The number of rotatable bonds is 2. The van der Waals surface area contributed by atoms with E-state index >= 15 is 0 Å². The van der Waals surface area contributed by atoms with Crippen molar-refractivity contribution >= 4 is 39.4 Å². The minimum Gasteiger partial charge on any atom is -0.350 e. The van der Waals surface area contributed by atoms with Crippen molar-refractivity contribution in [3.05, 3.63) is 88.9 Å². The van der Waals surface area contributed by atoms with Gasteiger partial charge < -0.3 is 4.57 Å². The molecule has 0 aliphatic heterocycles. The summed E-state index contributed by atoms with van der Waals surface area (Å²) >= 11 is 1.59. The number of allylic oxidation sites excluding steroid dienone is 2. The van der Waals surface area contributed by atoms with Crippen LogP contribution >= 0.6 is 11.3 Å². The van der Waals surface area contributed by atoms with E-state index in [-0.39, 0.29) is 11.6 Å². The van der Waals surface area contributed by atoms with Crippen molar-refractivity contribution in [1.82, 2.24) is 4.57 Å². The number of para-hydroxylation sites is 1. The van der Waals surface area contributed by atoms with Crippen molar-refractivity contribution in [2.75, 3.05) is 0 Å². The van der Waals surface area contributed by atoms with Gasteiger partial charge in [-0.05, 0) is 23.6 Å². The van der Waals surface area contributed by atoms with Crippen LogP contribution in [0.3, 0.4) is 0 Å². The van der Waals surface area contributed by atoms with Crippen molar-refractivity contribution in [3.8, 4) is 10.4 Å². The Morgan fingerprint density at radius 3 is 2.41 bits per heavy atom. The van der Waals surface area contributed by atoms with Gasteiger partial charge in [-0.2, -0.15) is 0 Å². The van der Waals surface area contributed by atoms with E-state index in [0.717, 1.165) is 26.9 Å². The predicted molar refractivity (Wildman–Crippen MR) is 109 cm³/mol. The molecule has 2 heterocycles. The van der Waals surface area contributed by atoms with Crippen LogP contribution in [0.25, 0.3) is 26.9 Å². The van der Waals surface area contributed by atoms with Gasteiger partial charge in [-0.25, -0.2) is 0 Å². The highest BCUT2D eigenvalue weighted by Crippen LogP contribution is 2.40. The largest absolute Gasteiger partial charge is 0.350 e. The highest BCUT2D eigenvalue weighted by molar-refractivity contribution is 7.14. The van der Waals surface area contributed by atoms with Crippen LogP contribution in [0.2, 0.25) is 0 Å². The topological polar surface area (TPSA) is 39.1 Å². The fraction of sp³-hybridized carbons (Fsp3) is 0.0435.